The number of nitrogens with zero attached hydrogens (tertiary/aromatic N) is 2. The molecule has 1 aromatic rings. The third kappa shape index (κ3) is 3.29. The molecule has 7 heteroatoms. The monoisotopic (exact) mass is 276 g/mol. The van der Waals surface area contributed by atoms with Crippen molar-refractivity contribution in [2.75, 3.05) is 24.2 Å². The number of anilines is 2. The first-order chi connectivity index (χ1) is 6.96. The third-order valence-corrected chi connectivity index (χ3v) is 2.58. The Kier molecular flexibility index (Phi) is 3.83. The lowest BCUT2D eigenvalue weighted by atomic mass is 10.1. The van der Waals surface area contributed by atoms with Crippen molar-refractivity contribution in [1.82, 2.24) is 9.97 Å². The summed E-state index contributed by atoms with van der Waals surface area (Å²) in [6.45, 7) is 1.34. The van der Waals surface area contributed by atoms with Gasteiger partial charge >= 0.3 is 0 Å². The summed E-state index contributed by atoms with van der Waals surface area (Å²) in [5.74, 6) is 0.798. The molecule has 0 fully saturated rings. The zero-order valence-corrected chi connectivity index (χ0v) is 9.82. The Hall–Kier alpha value is -0.920. The molecule has 0 saturated heterocycles. The maximum Gasteiger partial charge on any atom is 0.146 e. The zero-order chi connectivity index (χ0) is 11.5. The second-order valence-electron chi connectivity index (χ2n) is 3.43. The van der Waals surface area contributed by atoms with Gasteiger partial charge in [0.15, 0.2) is 0 Å². The first-order valence-electron chi connectivity index (χ1n) is 4.29. The standard InChI is InChI=1S/C8H13BrN4O2/c1-8(15,3-14)2-11-7-5(9)6(10)12-4-13-7/h4,14-15H,2-3H2,1H3,(H3,10,11,12,13). The lowest BCUT2D eigenvalue weighted by molar-refractivity contribution is 0.0131. The van der Waals surface area contributed by atoms with Crippen LogP contribution >= 0.6 is 15.9 Å². The number of hydrogen-bond acceptors (Lipinski definition) is 6. The molecule has 6 nitrogen and oxygen atoms in total. The fraction of sp³-hybridized carbons (Fsp3) is 0.500. The molecule has 0 bridgehead atoms. The van der Waals surface area contributed by atoms with Crippen molar-refractivity contribution in [3.8, 4) is 0 Å². The Morgan fingerprint density at radius 3 is 2.87 bits per heavy atom. The minimum Gasteiger partial charge on any atom is -0.393 e. The summed E-state index contributed by atoms with van der Waals surface area (Å²) in [5.41, 5.74) is 4.35. The smallest absolute Gasteiger partial charge is 0.146 e. The minimum atomic E-state index is -1.20. The first kappa shape index (κ1) is 12.2. The van der Waals surface area contributed by atoms with Crippen molar-refractivity contribution in [2.45, 2.75) is 12.5 Å². The number of nitrogens with one attached hydrogen (secondary N) is 1. The Labute approximate surface area is 95.7 Å². The topological polar surface area (TPSA) is 104 Å². The maximum atomic E-state index is 9.54. The Balaban J connectivity index is 2.70. The van der Waals surface area contributed by atoms with Gasteiger partial charge in [-0.25, -0.2) is 9.97 Å². The maximum absolute atomic E-state index is 9.54. The SMILES string of the molecule is CC(O)(CO)CNc1ncnc(N)c1Br. The number of hydrogen-bond donors (Lipinski definition) is 4. The fourth-order valence-corrected chi connectivity index (χ4v) is 1.18. The average molecular weight is 277 g/mol. The molecule has 0 aliphatic heterocycles. The molecule has 0 aliphatic carbocycles. The molecule has 1 rings (SSSR count). The van der Waals surface area contributed by atoms with Gasteiger partial charge < -0.3 is 21.3 Å². The third-order valence-electron chi connectivity index (χ3n) is 1.79. The Morgan fingerprint density at radius 1 is 1.60 bits per heavy atom. The highest BCUT2D eigenvalue weighted by Crippen LogP contribution is 2.24. The highest BCUT2D eigenvalue weighted by atomic mass is 79.9. The van der Waals surface area contributed by atoms with Gasteiger partial charge in [0, 0.05) is 6.54 Å². The van der Waals surface area contributed by atoms with Crippen LogP contribution in [0.25, 0.3) is 0 Å². The van der Waals surface area contributed by atoms with Crippen LogP contribution in [0.5, 0.6) is 0 Å². The van der Waals surface area contributed by atoms with E-state index >= 15 is 0 Å². The minimum absolute atomic E-state index is 0.165. The summed E-state index contributed by atoms with van der Waals surface area (Å²) in [6, 6.07) is 0. The number of aromatic nitrogens is 2. The molecule has 84 valence electrons. The van der Waals surface area contributed by atoms with E-state index < -0.39 is 5.60 Å². The summed E-state index contributed by atoms with van der Waals surface area (Å²) in [6.07, 6.45) is 1.32. The van der Waals surface area contributed by atoms with Gasteiger partial charge in [0.1, 0.15) is 28.0 Å². The Bertz CT molecular complexity index is 345. The van der Waals surface area contributed by atoms with Gasteiger partial charge in [-0.3, -0.25) is 0 Å². The van der Waals surface area contributed by atoms with E-state index in [4.69, 9.17) is 10.8 Å². The van der Waals surface area contributed by atoms with Crippen molar-refractivity contribution in [2.24, 2.45) is 0 Å². The number of aliphatic hydroxyl groups excluding tert-OH is 1. The zero-order valence-electron chi connectivity index (χ0n) is 8.24. The molecule has 1 aromatic heterocycles. The molecule has 1 heterocycles. The van der Waals surface area contributed by atoms with Crippen LogP contribution in [0, 0.1) is 0 Å². The van der Waals surface area contributed by atoms with Crippen LogP contribution < -0.4 is 11.1 Å². The van der Waals surface area contributed by atoms with Crippen molar-refractivity contribution in [1.29, 1.82) is 0 Å². The molecular weight excluding hydrogens is 264 g/mol. The molecule has 0 aliphatic rings. The van der Waals surface area contributed by atoms with Gasteiger partial charge in [-0.2, -0.15) is 0 Å². The number of aliphatic hydroxyl groups is 2. The summed E-state index contributed by atoms with van der Waals surface area (Å²) in [7, 11) is 0. The summed E-state index contributed by atoms with van der Waals surface area (Å²) < 4.78 is 0.540. The van der Waals surface area contributed by atoms with E-state index in [2.05, 4.69) is 31.2 Å². The van der Waals surface area contributed by atoms with E-state index in [9.17, 15) is 5.11 Å². The predicted molar refractivity (Wildman–Crippen MR) is 60.3 cm³/mol. The van der Waals surface area contributed by atoms with E-state index in [1.807, 2.05) is 0 Å². The quantitative estimate of drug-likeness (QED) is 0.616. The highest BCUT2D eigenvalue weighted by Gasteiger charge is 2.19. The second-order valence-corrected chi connectivity index (χ2v) is 4.22. The molecule has 15 heavy (non-hydrogen) atoms. The average Bonchev–Trinajstić information content (AvgIpc) is 2.20. The van der Waals surface area contributed by atoms with Crippen molar-refractivity contribution < 1.29 is 10.2 Å². The number of nitrogen functional groups attached to an aromatic ring is 1. The van der Waals surface area contributed by atoms with E-state index in [1.54, 1.807) is 0 Å². The van der Waals surface area contributed by atoms with E-state index in [-0.39, 0.29) is 13.2 Å². The van der Waals surface area contributed by atoms with E-state index in [1.165, 1.54) is 13.3 Å². The molecular formula is C8H13BrN4O2. The molecule has 0 radical (unpaired) electrons. The van der Waals surface area contributed by atoms with Gasteiger partial charge in [-0.15, -0.1) is 0 Å². The van der Waals surface area contributed by atoms with E-state index in [0.717, 1.165) is 0 Å². The summed E-state index contributed by atoms with van der Waals surface area (Å²) >= 11 is 3.21. The fourth-order valence-electron chi connectivity index (χ4n) is 0.837. The molecule has 5 N–H and O–H groups in total. The lowest BCUT2D eigenvalue weighted by Crippen LogP contribution is -2.37. The van der Waals surface area contributed by atoms with Gasteiger partial charge in [0.25, 0.3) is 0 Å². The molecule has 0 saturated carbocycles. The highest BCUT2D eigenvalue weighted by molar-refractivity contribution is 9.10. The van der Waals surface area contributed by atoms with Crippen LogP contribution in [0.3, 0.4) is 0 Å². The molecule has 1 unspecified atom stereocenters. The van der Waals surface area contributed by atoms with Crippen LogP contribution in [0.2, 0.25) is 0 Å². The number of halogens is 1. The van der Waals surface area contributed by atoms with Gasteiger partial charge in [0.05, 0.1) is 6.61 Å². The van der Waals surface area contributed by atoms with Crippen LogP contribution in [0.4, 0.5) is 11.6 Å². The van der Waals surface area contributed by atoms with Gasteiger partial charge in [-0.1, -0.05) is 0 Å². The second kappa shape index (κ2) is 4.73. The van der Waals surface area contributed by atoms with Gasteiger partial charge in [0.2, 0.25) is 0 Å². The van der Waals surface area contributed by atoms with Gasteiger partial charge in [-0.05, 0) is 22.9 Å². The van der Waals surface area contributed by atoms with Crippen LogP contribution in [-0.2, 0) is 0 Å². The summed E-state index contributed by atoms with van der Waals surface area (Å²) in [4.78, 5) is 7.71. The molecule has 1 atom stereocenters. The Morgan fingerprint density at radius 2 is 2.27 bits per heavy atom. The molecule has 0 spiro atoms. The van der Waals surface area contributed by atoms with E-state index in [0.29, 0.717) is 16.1 Å². The predicted octanol–water partition coefficient (Wildman–Crippen LogP) is -0.0235. The first-order valence-corrected chi connectivity index (χ1v) is 5.08. The largest absolute Gasteiger partial charge is 0.393 e. The lowest BCUT2D eigenvalue weighted by Gasteiger charge is -2.21. The van der Waals surface area contributed by atoms with Crippen LogP contribution in [0.1, 0.15) is 6.92 Å². The van der Waals surface area contributed by atoms with Crippen LogP contribution in [0.15, 0.2) is 10.8 Å². The van der Waals surface area contributed by atoms with Crippen molar-refractivity contribution >= 4 is 27.6 Å². The van der Waals surface area contributed by atoms with Crippen molar-refractivity contribution in [3.05, 3.63) is 10.8 Å². The van der Waals surface area contributed by atoms with Crippen LogP contribution in [-0.4, -0.2) is 38.9 Å². The number of rotatable bonds is 4. The molecule has 0 aromatic carbocycles. The normalized spacial score (nSPS) is 14.7. The summed E-state index contributed by atoms with van der Waals surface area (Å²) in [5, 5.41) is 21.2. The molecule has 0 amide bonds. The number of nitrogens with two attached hydrogens (primary N) is 1. The van der Waals surface area contributed by atoms with Crippen molar-refractivity contribution in [3.63, 3.8) is 0 Å².